The molecule has 1 aliphatic heterocycles. The molecule has 25 heavy (non-hydrogen) atoms. The minimum atomic E-state index is -0.338. The summed E-state index contributed by atoms with van der Waals surface area (Å²) >= 11 is 0. The van der Waals surface area contributed by atoms with Crippen LogP contribution < -0.4 is 5.32 Å². The Bertz CT molecular complexity index is 684. The Hall–Kier alpha value is -1.90. The molecule has 0 unspecified atom stereocenters. The number of aliphatic hydroxyl groups is 1. The van der Waals surface area contributed by atoms with Crippen molar-refractivity contribution in [2.75, 3.05) is 32.8 Å². The van der Waals surface area contributed by atoms with Crippen LogP contribution in [0.5, 0.6) is 0 Å². The number of aryl methyl sites for hydroxylation is 1. The van der Waals surface area contributed by atoms with Gasteiger partial charge in [0, 0.05) is 6.54 Å². The van der Waals surface area contributed by atoms with E-state index in [4.69, 9.17) is 5.11 Å². The van der Waals surface area contributed by atoms with Gasteiger partial charge in [-0.05, 0) is 73.4 Å². The normalized spacial score (nSPS) is 16.4. The number of hydrogen-bond acceptors (Lipinski definition) is 6. The molecule has 136 valence electrons. The summed E-state index contributed by atoms with van der Waals surface area (Å²) in [6.45, 7) is 6.33. The zero-order chi connectivity index (χ0) is 17.6. The summed E-state index contributed by atoms with van der Waals surface area (Å²) in [4.78, 5) is 2.29. The lowest BCUT2D eigenvalue weighted by Gasteiger charge is -2.31. The predicted octanol–water partition coefficient (Wildman–Crippen LogP) is 0.904. The molecule has 0 saturated carbocycles. The first-order valence-corrected chi connectivity index (χ1v) is 8.75. The number of β-amino-alcohol motifs (C(OH)–C–C–N with tert-alkyl or cyclic N) is 1. The first kappa shape index (κ1) is 17.9. The number of aromatic nitrogens is 4. The van der Waals surface area contributed by atoms with E-state index in [1.807, 2.05) is 6.92 Å². The van der Waals surface area contributed by atoms with E-state index in [0.29, 0.717) is 24.0 Å². The molecule has 1 saturated heterocycles. The van der Waals surface area contributed by atoms with Gasteiger partial charge in [0.1, 0.15) is 11.5 Å². The molecule has 0 amide bonds. The SMILES string of the molecule is Cc1ccc(F)c(-n2nnnc2CNCC2CCN(CCO)CC2)c1. The number of halogens is 1. The molecule has 1 aromatic heterocycles. The van der Waals surface area contributed by atoms with E-state index in [1.54, 1.807) is 12.1 Å². The highest BCUT2D eigenvalue weighted by molar-refractivity contribution is 5.36. The molecule has 1 aromatic carbocycles. The van der Waals surface area contributed by atoms with Gasteiger partial charge in [0.25, 0.3) is 0 Å². The predicted molar refractivity (Wildman–Crippen MR) is 91.8 cm³/mol. The van der Waals surface area contributed by atoms with Gasteiger partial charge < -0.3 is 15.3 Å². The van der Waals surface area contributed by atoms with Crippen LogP contribution in [0.2, 0.25) is 0 Å². The van der Waals surface area contributed by atoms with Gasteiger partial charge in [0.15, 0.2) is 5.82 Å². The van der Waals surface area contributed by atoms with E-state index >= 15 is 0 Å². The lowest BCUT2D eigenvalue weighted by Crippen LogP contribution is -2.38. The van der Waals surface area contributed by atoms with Crippen LogP contribution in [0.15, 0.2) is 18.2 Å². The largest absolute Gasteiger partial charge is 0.395 e. The molecule has 0 bridgehead atoms. The third-order valence-electron chi connectivity index (χ3n) is 4.70. The van der Waals surface area contributed by atoms with E-state index in [1.165, 1.54) is 10.7 Å². The Morgan fingerprint density at radius 1 is 1.32 bits per heavy atom. The molecule has 0 atom stereocenters. The molecule has 0 aliphatic carbocycles. The zero-order valence-corrected chi connectivity index (χ0v) is 14.5. The molecular formula is C17H25FN6O. The summed E-state index contributed by atoms with van der Waals surface area (Å²) in [7, 11) is 0. The van der Waals surface area contributed by atoms with E-state index in [2.05, 4.69) is 25.7 Å². The second-order valence-corrected chi connectivity index (χ2v) is 6.60. The molecule has 3 rings (SSSR count). The minimum absolute atomic E-state index is 0.223. The molecule has 8 heteroatoms. The van der Waals surface area contributed by atoms with Crippen molar-refractivity contribution in [2.24, 2.45) is 5.92 Å². The van der Waals surface area contributed by atoms with E-state index < -0.39 is 0 Å². The Morgan fingerprint density at radius 2 is 2.12 bits per heavy atom. The number of tetrazole rings is 1. The van der Waals surface area contributed by atoms with Crippen molar-refractivity contribution in [3.63, 3.8) is 0 Å². The summed E-state index contributed by atoms with van der Waals surface area (Å²) < 4.78 is 15.5. The number of piperidine rings is 1. The fourth-order valence-electron chi connectivity index (χ4n) is 3.23. The van der Waals surface area contributed by atoms with Crippen molar-refractivity contribution in [3.8, 4) is 5.69 Å². The summed E-state index contributed by atoms with van der Waals surface area (Å²) in [5.41, 5.74) is 1.33. The fourth-order valence-corrected chi connectivity index (χ4v) is 3.23. The highest BCUT2D eigenvalue weighted by Crippen LogP contribution is 2.17. The molecule has 2 aromatic rings. The number of hydrogen-bond donors (Lipinski definition) is 2. The Labute approximate surface area is 146 Å². The van der Waals surface area contributed by atoms with Gasteiger partial charge in [-0.2, -0.15) is 4.68 Å². The van der Waals surface area contributed by atoms with Crippen LogP contribution in [0.3, 0.4) is 0 Å². The van der Waals surface area contributed by atoms with Gasteiger partial charge in [-0.3, -0.25) is 0 Å². The van der Waals surface area contributed by atoms with Crippen LogP contribution in [0.4, 0.5) is 4.39 Å². The number of nitrogens with zero attached hydrogens (tertiary/aromatic N) is 5. The van der Waals surface area contributed by atoms with E-state index in [0.717, 1.165) is 44.6 Å². The summed E-state index contributed by atoms with van der Waals surface area (Å²) in [6.07, 6.45) is 2.23. The highest BCUT2D eigenvalue weighted by atomic mass is 19.1. The van der Waals surface area contributed by atoms with Crippen molar-refractivity contribution in [2.45, 2.75) is 26.3 Å². The standard InChI is InChI=1S/C17H25FN6O/c1-13-2-3-15(18)16(10-13)24-17(20-21-22-24)12-19-11-14-4-6-23(7-5-14)8-9-25/h2-3,10,14,19,25H,4-9,11-12H2,1H3. The number of nitrogens with one attached hydrogen (secondary N) is 1. The Balaban J connectivity index is 1.53. The van der Waals surface area contributed by atoms with Crippen LogP contribution in [0.25, 0.3) is 5.69 Å². The molecule has 1 aliphatic rings. The van der Waals surface area contributed by atoms with Crippen molar-refractivity contribution in [1.82, 2.24) is 30.4 Å². The average molecular weight is 348 g/mol. The maximum absolute atomic E-state index is 14.1. The van der Waals surface area contributed by atoms with Crippen LogP contribution >= 0.6 is 0 Å². The van der Waals surface area contributed by atoms with Gasteiger partial charge in [0.05, 0.1) is 13.2 Å². The van der Waals surface area contributed by atoms with Gasteiger partial charge in [-0.1, -0.05) is 6.07 Å². The Kier molecular flexibility index (Phi) is 6.06. The van der Waals surface area contributed by atoms with Gasteiger partial charge >= 0.3 is 0 Å². The molecule has 2 heterocycles. The first-order chi connectivity index (χ1) is 12.2. The van der Waals surface area contributed by atoms with E-state index in [9.17, 15) is 4.39 Å². The fraction of sp³-hybridized carbons (Fsp3) is 0.588. The third kappa shape index (κ3) is 4.59. The molecule has 7 nitrogen and oxygen atoms in total. The third-order valence-corrected chi connectivity index (χ3v) is 4.70. The average Bonchev–Trinajstić information content (AvgIpc) is 3.07. The second kappa shape index (κ2) is 8.46. The smallest absolute Gasteiger partial charge is 0.170 e. The minimum Gasteiger partial charge on any atom is -0.395 e. The summed E-state index contributed by atoms with van der Waals surface area (Å²) in [5.74, 6) is 0.868. The van der Waals surface area contributed by atoms with Gasteiger partial charge in [0.2, 0.25) is 0 Å². The molecule has 0 spiro atoms. The number of likely N-dealkylation sites (tertiary alicyclic amines) is 1. The van der Waals surface area contributed by atoms with Gasteiger partial charge in [-0.15, -0.1) is 5.10 Å². The van der Waals surface area contributed by atoms with Crippen molar-refractivity contribution in [1.29, 1.82) is 0 Å². The lowest BCUT2D eigenvalue weighted by molar-refractivity contribution is 0.146. The summed E-state index contributed by atoms with van der Waals surface area (Å²) in [5, 5.41) is 24.0. The van der Waals surface area contributed by atoms with Crippen LogP contribution in [-0.2, 0) is 6.54 Å². The highest BCUT2D eigenvalue weighted by Gasteiger charge is 2.19. The molecule has 0 radical (unpaired) electrons. The van der Waals surface area contributed by atoms with Gasteiger partial charge in [-0.25, -0.2) is 4.39 Å². The van der Waals surface area contributed by atoms with Crippen molar-refractivity contribution < 1.29 is 9.50 Å². The van der Waals surface area contributed by atoms with Crippen LogP contribution in [0.1, 0.15) is 24.2 Å². The Morgan fingerprint density at radius 3 is 2.88 bits per heavy atom. The summed E-state index contributed by atoms with van der Waals surface area (Å²) in [6, 6.07) is 4.90. The number of rotatable bonds is 7. The van der Waals surface area contributed by atoms with E-state index in [-0.39, 0.29) is 12.4 Å². The maximum Gasteiger partial charge on any atom is 0.170 e. The molecule has 2 N–H and O–H groups in total. The quantitative estimate of drug-likeness (QED) is 0.774. The zero-order valence-electron chi connectivity index (χ0n) is 14.5. The molecular weight excluding hydrogens is 323 g/mol. The monoisotopic (exact) mass is 348 g/mol. The number of aliphatic hydroxyl groups excluding tert-OH is 1. The maximum atomic E-state index is 14.1. The molecule has 1 fully saturated rings. The topological polar surface area (TPSA) is 79.1 Å². The van der Waals surface area contributed by atoms with Crippen molar-refractivity contribution >= 4 is 0 Å². The van der Waals surface area contributed by atoms with Crippen molar-refractivity contribution in [3.05, 3.63) is 35.4 Å². The first-order valence-electron chi connectivity index (χ1n) is 8.75. The number of benzene rings is 1. The van der Waals surface area contributed by atoms with Crippen LogP contribution in [-0.4, -0.2) is 63.0 Å². The lowest BCUT2D eigenvalue weighted by atomic mass is 9.97. The second-order valence-electron chi connectivity index (χ2n) is 6.60. The van der Waals surface area contributed by atoms with Crippen LogP contribution in [0, 0.1) is 18.7 Å².